The van der Waals surface area contributed by atoms with E-state index in [1.54, 1.807) is 12.1 Å². The van der Waals surface area contributed by atoms with Crippen LogP contribution in [0, 0.1) is 11.6 Å². The first-order valence-electron chi connectivity index (χ1n) is 9.09. The molecule has 0 bridgehead atoms. The first kappa shape index (κ1) is 19.7. The largest absolute Gasteiger partial charge is 0.493 e. The van der Waals surface area contributed by atoms with Crippen molar-refractivity contribution in [1.82, 2.24) is 9.55 Å². The Morgan fingerprint density at radius 3 is 2.40 bits per heavy atom. The van der Waals surface area contributed by atoms with Gasteiger partial charge in [0.15, 0.2) is 11.5 Å². The fourth-order valence-electron chi connectivity index (χ4n) is 3.64. The molecule has 7 nitrogen and oxygen atoms in total. The van der Waals surface area contributed by atoms with Crippen LogP contribution in [-0.2, 0) is 4.79 Å². The third kappa shape index (κ3) is 3.22. The lowest BCUT2D eigenvalue weighted by Gasteiger charge is -2.24. The average Bonchev–Trinajstić information content (AvgIpc) is 3.17. The molecule has 1 N–H and O–H groups in total. The minimum Gasteiger partial charge on any atom is -0.493 e. The molecule has 0 radical (unpaired) electrons. The fraction of sp³-hybridized carbons (Fsp3) is 0.238. The van der Waals surface area contributed by atoms with Crippen LogP contribution in [0.3, 0.4) is 0 Å². The molecule has 0 saturated carbocycles. The van der Waals surface area contributed by atoms with E-state index in [2.05, 4.69) is 10.3 Å². The van der Waals surface area contributed by atoms with Gasteiger partial charge in [-0.1, -0.05) is 0 Å². The molecule has 1 aromatic heterocycles. The molecule has 2 aromatic carbocycles. The Balaban J connectivity index is 1.86. The van der Waals surface area contributed by atoms with Gasteiger partial charge in [0.1, 0.15) is 23.8 Å². The predicted octanol–water partition coefficient (Wildman–Crippen LogP) is 3.65. The number of hydrogen-bond acceptors (Lipinski definition) is 5. The fourth-order valence-corrected chi connectivity index (χ4v) is 3.64. The number of carbonyl (C=O) groups excluding carboxylic acids is 1. The van der Waals surface area contributed by atoms with Gasteiger partial charge in [-0.2, -0.15) is 0 Å². The smallest absolute Gasteiger partial charge is 0.226 e. The molecule has 1 aliphatic rings. The van der Waals surface area contributed by atoms with Gasteiger partial charge in [0.05, 0.1) is 32.7 Å². The van der Waals surface area contributed by atoms with E-state index in [4.69, 9.17) is 14.2 Å². The number of benzene rings is 2. The first-order valence-corrected chi connectivity index (χ1v) is 9.09. The van der Waals surface area contributed by atoms with Gasteiger partial charge in [-0.3, -0.25) is 9.36 Å². The molecular weight excluding hydrogens is 396 g/mol. The SMILES string of the molecule is COc1cc(C2CC(=O)Nc3c2ncn3-c2cc(F)ccc2F)cc(OC)c1OC. The van der Waals surface area contributed by atoms with Gasteiger partial charge in [-0.25, -0.2) is 13.8 Å². The number of ether oxygens (including phenoxy) is 3. The summed E-state index contributed by atoms with van der Waals surface area (Å²) in [6, 6.07) is 6.59. The van der Waals surface area contributed by atoms with Gasteiger partial charge in [0.2, 0.25) is 11.7 Å². The number of imidazole rings is 1. The van der Waals surface area contributed by atoms with E-state index in [0.717, 1.165) is 18.2 Å². The molecule has 156 valence electrons. The number of nitrogens with one attached hydrogen (secondary N) is 1. The summed E-state index contributed by atoms with van der Waals surface area (Å²) < 4.78 is 45.5. The number of carbonyl (C=O) groups is 1. The monoisotopic (exact) mass is 415 g/mol. The third-order valence-electron chi connectivity index (χ3n) is 5.03. The summed E-state index contributed by atoms with van der Waals surface area (Å²) in [4.78, 5) is 16.9. The molecule has 9 heteroatoms. The second-order valence-electron chi connectivity index (χ2n) is 6.71. The molecule has 4 rings (SSSR count). The summed E-state index contributed by atoms with van der Waals surface area (Å²) in [6.45, 7) is 0. The van der Waals surface area contributed by atoms with Crippen LogP contribution < -0.4 is 19.5 Å². The van der Waals surface area contributed by atoms with E-state index in [-0.39, 0.29) is 23.8 Å². The molecule has 30 heavy (non-hydrogen) atoms. The van der Waals surface area contributed by atoms with Gasteiger partial charge >= 0.3 is 0 Å². The van der Waals surface area contributed by atoms with Gasteiger partial charge in [0, 0.05) is 18.4 Å². The van der Waals surface area contributed by atoms with Crippen LogP contribution in [0.25, 0.3) is 5.69 Å². The number of hydrogen-bond donors (Lipinski definition) is 1. The molecule has 0 aliphatic carbocycles. The maximum atomic E-state index is 14.3. The molecule has 2 heterocycles. The maximum absolute atomic E-state index is 14.3. The highest BCUT2D eigenvalue weighted by Crippen LogP contribution is 2.44. The highest BCUT2D eigenvalue weighted by atomic mass is 19.1. The number of amides is 1. The highest BCUT2D eigenvalue weighted by Gasteiger charge is 2.33. The lowest BCUT2D eigenvalue weighted by molar-refractivity contribution is -0.116. The average molecular weight is 415 g/mol. The molecular formula is C21H19F2N3O4. The Labute approximate surface area is 171 Å². The summed E-state index contributed by atoms with van der Waals surface area (Å²) in [5, 5.41) is 2.72. The molecule has 0 saturated heterocycles. The van der Waals surface area contributed by atoms with E-state index in [1.165, 1.54) is 32.2 Å². The van der Waals surface area contributed by atoms with Crippen LogP contribution in [0.15, 0.2) is 36.7 Å². The molecule has 1 aliphatic heterocycles. The van der Waals surface area contributed by atoms with Crippen molar-refractivity contribution in [3.63, 3.8) is 0 Å². The van der Waals surface area contributed by atoms with Crippen molar-refractivity contribution in [1.29, 1.82) is 0 Å². The van der Waals surface area contributed by atoms with Crippen molar-refractivity contribution in [3.8, 4) is 22.9 Å². The number of fused-ring (bicyclic) bond motifs is 1. The van der Waals surface area contributed by atoms with E-state index in [0.29, 0.717) is 28.5 Å². The van der Waals surface area contributed by atoms with Crippen LogP contribution in [-0.4, -0.2) is 36.8 Å². The maximum Gasteiger partial charge on any atom is 0.226 e. The van der Waals surface area contributed by atoms with Crippen molar-refractivity contribution in [2.45, 2.75) is 12.3 Å². The highest BCUT2D eigenvalue weighted by molar-refractivity contribution is 5.94. The van der Waals surface area contributed by atoms with E-state index >= 15 is 0 Å². The van der Waals surface area contributed by atoms with E-state index < -0.39 is 17.6 Å². The van der Waals surface area contributed by atoms with Crippen molar-refractivity contribution in [2.75, 3.05) is 26.6 Å². The zero-order valence-corrected chi connectivity index (χ0v) is 16.5. The number of nitrogens with zero attached hydrogens (tertiary/aromatic N) is 2. The summed E-state index contributed by atoms with van der Waals surface area (Å²) >= 11 is 0. The summed E-state index contributed by atoms with van der Waals surface area (Å²) in [6.07, 6.45) is 1.48. The summed E-state index contributed by atoms with van der Waals surface area (Å²) in [5.41, 5.74) is 1.19. The van der Waals surface area contributed by atoms with Crippen LogP contribution in [0.2, 0.25) is 0 Å². The van der Waals surface area contributed by atoms with Gasteiger partial charge in [-0.05, 0) is 29.8 Å². The normalized spacial score (nSPS) is 15.4. The molecule has 1 amide bonds. The second-order valence-corrected chi connectivity index (χ2v) is 6.71. The van der Waals surface area contributed by atoms with Crippen LogP contribution in [0.4, 0.5) is 14.6 Å². The number of aromatic nitrogens is 2. The van der Waals surface area contributed by atoms with Crippen molar-refractivity contribution >= 4 is 11.7 Å². The first-order chi connectivity index (χ1) is 14.5. The van der Waals surface area contributed by atoms with Gasteiger partial charge < -0.3 is 19.5 Å². The third-order valence-corrected chi connectivity index (χ3v) is 5.03. The van der Waals surface area contributed by atoms with Gasteiger partial charge in [0.25, 0.3) is 0 Å². The van der Waals surface area contributed by atoms with E-state index in [9.17, 15) is 13.6 Å². The topological polar surface area (TPSA) is 74.6 Å². The zero-order valence-electron chi connectivity index (χ0n) is 16.5. The Hall–Kier alpha value is -3.62. The van der Waals surface area contributed by atoms with Crippen LogP contribution >= 0.6 is 0 Å². The van der Waals surface area contributed by atoms with Crippen molar-refractivity contribution in [3.05, 3.63) is 59.6 Å². The number of rotatable bonds is 5. The van der Waals surface area contributed by atoms with Crippen LogP contribution in [0.1, 0.15) is 23.6 Å². The Bertz CT molecular complexity index is 1100. The summed E-state index contributed by atoms with van der Waals surface area (Å²) in [5.74, 6) is -0.367. The van der Waals surface area contributed by atoms with Crippen molar-refractivity contribution in [2.24, 2.45) is 0 Å². The van der Waals surface area contributed by atoms with Gasteiger partial charge in [-0.15, -0.1) is 0 Å². The van der Waals surface area contributed by atoms with E-state index in [1.807, 2.05) is 0 Å². The Morgan fingerprint density at radius 1 is 1.07 bits per heavy atom. The molecule has 0 spiro atoms. The lowest BCUT2D eigenvalue weighted by atomic mass is 9.89. The van der Waals surface area contributed by atoms with Crippen molar-refractivity contribution < 1.29 is 27.8 Å². The number of anilines is 1. The minimum absolute atomic E-state index is 0.0467. The standard InChI is InChI=1S/C21H19F2N3O4/c1-28-16-6-11(7-17(29-2)20(16)30-3)13-9-18(27)25-21-19(13)24-10-26(21)15-8-12(22)4-5-14(15)23/h4-8,10,13H,9H2,1-3H3,(H,25,27). The zero-order chi connectivity index (χ0) is 21.4. The molecule has 0 fully saturated rings. The molecule has 3 aromatic rings. The predicted molar refractivity (Wildman–Crippen MR) is 105 cm³/mol. The summed E-state index contributed by atoms with van der Waals surface area (Å²) in [7, 11) is 4.50. The van der Waals surface area contributed by atoms with Crippen LogP contribution in [0.5, 0.6) is 17.2 Å². The minimum atomic E-state index is -0.638. The number of methoxy groups -OCH3 is 3. The second kappa shape index (κ2) is 7.66. The molecule has 1 unspecified atom stereocenters. The number of halogens is 2. The Morgan fingerprint density at radius 2 is 1.77 bits per heavy atom. The lowest BCUT2D eigenvalue weighted by Crippen LogP contribution is -2.25. The quantitative estimate of drug-likeness (QED) is 0.689. The Kier molecular flexibility index (Phi) is 5.03. The molecule has 1 atom stereocenters.